The number of ether oxygens (including phenoxy) is 1. The van der Waals surface area contributed by atoms with Crippen LogP contribution in [0, 0.1) is 6.61 Å². The van der Waals surface area contributed by atoms with Gasteiger partial charge in [-0.1, -0.05) is 26.3 Å². The molecule has 0 bridgehead atoms. The molecule has 2 nitrogen and oxygen atoms in total. The number of esters is 1. The molecule has 0 aromatic carbocycles. The van der Waals surface area contributed by atoms with Gasteiger partial charge in [0.2, 0.25) is 0 Å². The van der Waals surface area contributed by atoms with Gasteiger partial charge in [-0.3, -0.25) is 0 Å². The van der Waals surface area contributed by atoms with Crippen LogP contribution in [0.4, 0.5) is 0 Å². The number of carbonyl (C=O) groups excluding carboxylic acids is 1. The molecule has 0 aliphatic rings. The van der Waals surface area contributed by atoms with Gasteiger partial charge in [0, 0.05) is 6.08 Å². The number of hydrogen-bond donors (Lipinski definition) is 0. The Morgan fingerprint density at radius 2 is 2.27 bits per heavy atom. The Bertz CT molecular complexity index is 119. The molecule has 2 heteroatoms. The first-order valence-corrected chi connectivity index (χ1v) is 3.96. The van der Waals surface area contributed by atoms with Crippen molar-refractivity contribution in [1.29, 1.82) is 0 Å². The summed E-state index contributed by atoms with van der Waals surface area (Å²) in [5, 5.41) is 0. The molecule has 0 aromatic rings. The van der Waals surface area contributed by atoms with Crippen molar-refractivity contribution in [3.8, 4) is 0 Å². The quantitative estimate of drug-likeness (QED) is 0.334. The average Bonchev–Trinajstić information content (AvgIpc) is 2.04. The summed E-state index contributed by atoms with van der Waals surface area (Å²) in [6.07, 6.45) is 5.45. The van der Waals surface area contributed by atoms with Crippen molar-refractivity contribution in [3.05, 3.63) is 19.3 Å². The first-order valence-electron chi connectivity index (χ1n) is 3.96. The highest BCUT2D eigenvalue weighted by Gasteiger charge is 1.94. The van der Waals surface area contributed by atoms with Crippen LogP contribution in [0.2, 0.25) is 0 Å². The van der Waals surface area contributed by atoms with E-state index in [1.165, 1.54) is 12.8 Å². The van der Waals surface area contributed by atoms with E-state index in [0.29, 0.717) is 0 Å². The normalized spacial score (nSPS) is 9.18. The van der Waals surface area contributed by atoms with Gasteiger partial charge in [-0.15, -0.1) is 0 Å². The van der Waals surface area contributed by atoms with Crippen molar-refractivity contribution in [3.63, 3.8) is 0 Å². The Balaban J connectivity index is 3.01. The minimum atomic E-state index is -0.374. The summed E-state index contributed by atoms with van der Waals surface area (Å²) in [5.74, 6) is -0.374. The van der Waals surface area contributed by atoms with E-state index in [2.05, 4.69) is 18.2 Å². The first kappa shape index (κ1) is 10.2. The lowest BCUT2D eigenvalue weighted by Crippen LogP contribution is -1.96. The zero-order valence-corrected chi connectivity index (χ0v) is 7.01. The van der Waals surface area contributed by atoms with Crippen LogP contribution in [-0.4, -0.2) is 5.97 Å². The summed E-state index contributed by atoms with van der Waals surface area (Å²) in [6.45, 7) is 6.96. The molecule has 0 atom stereocenters. The van der Waals surface area contributed by atoms with Gasteiger partial charge in [0.15, 0.2) is 0 Å². The molecule has 63 valence electrons. The molecule has 0 N–H and O–H groups in total. The summed E-state index contributed by atoms with van der Waals surface area (Å²) < 4.78 is 4.66. The number of rotatable bonds is 6. The van der Waals surface area contributed by atoms with E-state index < -0.39 is 0 Å². The minimum absolute atomic E-state index is 0.374. The highest BCUT2D eigenvalue weighted by molar-refractivity contribution is 5.81. The highest BCUT2D eigenvalue weighted by atomic mass is 16.5. The lowest BCUT2D eigenvalue weighted by molar-refractivity contribution is -0.134. The minimum Gasteiger partial charge on any atom is -0.455 e. The van der Waals surface area contributed by atoms with Gasteiger partial charge < -0.3 is 4.74 Å². The topological polar surface area (TPSA) is 26.3 Å². The van der Waals surface area contributed by atoms with Gasteiger partial charge >= 0.3 is 5.97 Å². The molecule has 0 unspecified atom stereocenters. The van der Waals surface area contributed by atoms with Crippen molar-refractivity contribution < 1.29 is 9.53 Å². The van der Waals surface area contributed by atoms with Gasteiger partial charge in [-0.05, 0) is 12.8 Å². The molecule has 0 saturated carbocycles. The van der Waals surface area contributed by atoms with Crippen LogP contribution in [0.25, 0.3) is 0 Å². The van der Waals surface area contributed by atoms with Crippen LogP contribution >= 0.6 is 0 Å². The molecule has 0 fully saturated rings. The predicted molar refractivity (Wildman–Crippen MR) is 44.7 cm³/mol. The molecule has 0 aliphatic carbocycles. The van der Waals surface area contributed by atoms with E-state index in [4.69, 9.17) is 0 Å². The van der Waals surface area contributed by atoms with E-state index in [9.17, 15) is 4.79 Å². The molecule has 0 heterocycles. The SMILES string of the molecule is C=CC(=O)O[CH]CCCCC. The summed E-state index contributed by atoms with van der Waals surface area (Å²) in [4.78, 5) is 10.5. The Hall–Kier alpha value is -0.790. The summed E-state index contributed by atoms with van der Waals surface area (Å²) in [5.41, 5.74) is 0. The molecule has 0 aliphatic heterocycles. The number of hydrogen-bond acceptors (Lipinski definition) is 2. The third-order valence-corrected chi connectivity index (χ3v) is 1.29. The third kappa shape index (κ3) is 7.10. The van der Waals surface area contributed by atoms with Crippen molar-refractivity contribution in [2.75, 3.05) is 0 Å². The average molecular weight is 155 g/mol. The molecule has 0 spiro atoms. The smallest absolute Gasteiger partial charge is 0.330 e. The summed E-state index contributed by atoms with van der Waals surface area (Å²) >= 11 is 0. The molecular weight excluding hydrogens is 140 g/mol. The van der Waals surface area contributed by atoms with Gasteiger partial charge in [0.25, 0.3) is 0 Å². The largest absolute Gasteiger partial charge is 0.455 e. The predicted octanol–water partition coefficient (Wildman–Crippen LogP) is 2.46. The van der Waals surface area contributed by atoms with E-state index in [1.807, 2.05) is 0 Å². The van der Waals surface area contributed by atoms with Crippen molar-refractivity contribution >= 4 is 5.97 Å². The van der Waals surface area contributed by atoms with Crippen molar-refractivity contribution in [2.45, 2.75) is 32.6 Å². The fourth-order valence-electron chi connectivity index (χ4n) is 0.667. The molecule has 11 heavy (non-hydrogen) atoms. The van der Waals surface area contributed by atoms with Crippen molar-refractivity contribution in [2.24, 2.45) is 0 Å². The molecular formula is C9H15O2. The fourth-order valence-corrected chi connectivity index (χ4v) is 0.667. The van der Waals surface area contributed by atoms with E-state index in [-0.39, 0.29) is 5.97 Å². The highest BCUT2D eigenvalue weighted by Crippen LogP contribution is 2.02. The second kappa shape index (κ2) is 7.32. The Morgan fingerprint density at radius 3 is 2.82 bits per heavy atom. The standard InChI is InChI=1S/C9H15O2/c1-3-5-6-7-8-11-9(10)4-2/h4,8H,2-3,5-7H2,1H3. The molecule has 1 radical (unpaired) electrons. The van der Waals surface area contributed by atoms with Crippen LogP contribution < -0.4 is 0 Å². The monoisotopic (exact) mass is 155 g/mol. The first-order chi connectivity index (χ1) is 5.31. The summed E-state index contributed by atoms with van der Waals surface area (Å²) in [7, 11) is 0. The maximum absolute atomic E-state index is 10.5. The molecule has 0 aromatic heterocycles. The maximum Gasteiger partial charge on any atom is 0.330 e. The van der Waals surface area contributed by atoms with E-state index in [1.54, 1.807) is 6.61 Å². The number of carbonyl (C=O) groups is 1. The van der Waals surface area contributed by atoms with Crippen LogP contribution in [0.5, 0.6) is 0 Å². The fraction of sp³-hybridized carbons (Fsp3) is 0.556. The van der Waals surface area contributed by atoms with Gasteiger partial charge in [-0.2, -0.15) is 0 Å². The Kier molecular flexibility index (Phi) is 6.79. The van der Waals surface area contributed by atoms with E-state index in [0.717, 1.165) is 18.9 Å². The molecule has 0 amide bonds. The summed E-state index contributed by atoms with van der Waals surface area (Å²) in [6, 6.07) is 0. The molecule has 0 rings (SSSR count). The van der Waals surface area contributed by atoms with Crippen molar-refractivity contribution in [1.82, 2.24) is 0 Å². The lowest BCUT2D eigenvalue weighted by Gasteiger charge is -1.98. The second-order valence-electron chi connectivity index (χ2n) is 2.30. The Morgan fingerprint density at radius 1 is 1.55 bits per heavy atom. The zero-order valence-electron chi connectivity index (χ0n) is 7.01. The van der Waals surface area contributed by atoms with Gasteiger partial charge in [0.05, 0.1) is 0 Å². The molecule has 0 saturated heterocycles. The third-order valence-electron chi connectivity index (χ3n) is 1.29. The lowest BCUT2D eigenvalue weighted by atomic mass is 10.2. The Labute approximate surface area is 68.2 Å². The van der Waals surface area contributed by atoms with Crippen LogP contribution in [0.3, 0.4) is 0 Å². The second-order valence-corrected chi connectivity index (χ2v) is 2.30. The maximum atomic E-state index is 10.5. The van der Waals surface area contributed by atoms with E-state index >= 15 is 0 Å². The van der Waals surface area contributed by atoms with Gasteiger partial charge in [0.1, 0.15) is 6.61 Å². The van der Waals surface area contributed by atoms with Crippen LogP contribution in [0.15, 0.2) is 12.7 Å². The number of unbranched alkanes of at least 4 members (excludes halogenated alkanes) is 3. The zero-order chi connectivity index (χ0) is 8.53. The van der Waals surface area contributed by atoms with Crippen LogP contribution in [-0.2, 0) is 9.53 Å². The van der Waals surface area contributed by atoms with Crippen LogP contribution in [0.1, 0.15) is 32.6 Å². The van der Waals surface area contributed by atoms with Gasteiger partial charge in [-0.25, -0.2) is 4.79 Å².